The van der Waals surface area contributed by atoms with Crippen LogP contribution in [0.4, 0.5) is 8.78 Å². The van der Waals surface area contributed by atoms with Crippen molar-refractivity contribution in [2.45, 2.75) is 44.2 Å². The summed E-state index contributed by atoms with van der Waals surface area (Å²) in [6.45, 7) is 3.31. The van der Waals surface area contributed by atoms with Crippen molar-refractivity contribution in [2.75, 3.05) is 7.05 Å². The molecule has 0 aliphatic rings. The molecular formula is C13H20F2N2O2S. The molecule has 0 aliphatic carbocycles. The summed E-state index contributed by atoms with van der Waals surface area (Å²) in [4.78, 5) is -0.534. The van der Waals surface area contributed by atoms with Gasteiger partial charge in [-0.25, -0.2) is 17.2 Å². The summed E-state index contributed by atoms with van der Waals surface area (Å²) in [6.07, 6.45) is 1.22. The Morgan fingerprint density at radius 3 is 2.25 bits per heavy atom. The predicted octanol–water partition coefficient (Wildman–Crippen LogP) is 2.23. The molecule has 0 saturated carbocycles. The molecule has 1 aromatic carbocycles. The first-order valence-corrected chi connectivity index (χ1v) is 7.90. The van der Waals surface area contributed by atoms with Gasteiger partial charge in [0.25, 0.3) is 0 Å². The molecule has 1 rings (SSSR count). The highest BCUT2D eigenvalue weighted by Gasteiger charge is 2.30. The van der Waals surface area contributed by atoms with Gasteiger partial charge < -0.3 is 5.73 Å². The van der Waals surface area contributed by atoms with Gasteiger partial charge in [0.1, 0.15) is 10.7 Å². The number of nitrogens with zero attached hydrogens (tertiary/aromatic N) is 1. The van der Waals surface area contributed by atoms with Crippen LogP contribution in [0.15, 0.2) is 17.0 Å². The van der Waals surface area contributed by atoms with Gasteiger partial charge in [0.05, 0.1) is 0 Å². The predicted molar refractivity (Wildman–Crippen MR) is 73.6 cm³/mol. The molecule has 0 amide bonds. The van der Waals surface area contributed by atoms with Crippen LogP contribution in [-0.4, -0.2) is 25.8 Å². The van der Waals surface area contributed by atoms with E-state index in [1.165, 1.54) is 7.05 Å². The second-order valence-corrected chi connectivity index (χ2v) is 6.50. The van der Waals surface area contributed by atoms with Crippen LogP contribution in [0.25, 0.3) is 0 Å². The highest BCUT2D eigenvalue weighted by Crippen LogP contribution is 2.25. The molecule has 0 fully saturated rings. The molecule has 0 aromatic heterocycles. The van der Waals surface area contributed by atoms with Crippen LogP contribution in [-0.2, 0) is 16.6 Å². The minimum atomic E-state index is -4.01. The Balaban J connectivity index is 3.36. The van der Waals surface area contributed by atoms with Gasteiger partial charge in [-0.05, 0) is 25.0 Å². The average molecular weight is 306 g/mol. The van der Waals surface area contributed by atoms with Gasteiger partial charge in [-0.1, -0.05) is 13.8 Å². The van der Waals surface area contributed by atoms with Gasteiger partial charge in [0, 0.05) is 25.2 Å². The van der Waals surface area contributed by atoms with E-state index in [4.69, 9.17) is 5.73 Å². The molecule has 0 unspecified atom stereocenters. The van der Waals surface area contributed by atoms with Gasteiger partial charge in [-0.3, -0.25) is 0 Å². The van der Waals surface area contributed by atoms with Crippen LogP contribution in [0.5, 0.6) is 0 Å². The van der Waals surface area contributed by atoms with Crippen LogP contribution in [0.2, 0.25) is 0 Å². The number of halogens is 2. The molecule has 1 aromatic rings. The third-order valence-electron chi connectivity index (χ3n) is 3.47. The lowest BCUT2D eigenvalue weighted by molar-refractivity contribution is 0.347. The van der Waals surface area contributed by atoms with Gasteiger partial charge in [0.2, 0.25) is 10.0 Å². The number of sulfonamides is 1. The van der Waals surface area contributed by atoms with Crippen LogP contribution < -0.4 is 5.73 Å². The molecule has 0 spiro atoms. The first kappa shape index (κ1) is 17.0. The summed E-state index contributed by atoms with van der Waals surface area (Å²) in [6, 6.07) is 1.64. The second kappa shape index (κ2) is 6.60. The Hall–Kier alpha value is -1.05. The fraction of sp³-hybridized carbons (Fsp3) is 0.538. The SMILES string of the molecule is CCC(CC)N(C)S(=O)(=O)c1ccc(F)c(CN)c1F. The van der Waals surface area contributed by atoms with Crippen molar-refractivity contribution in [3.63, 3.8) is 0 Å². The monoisotopic (exact) mass is 306 g/mol. The molecule has 2 N–H and O–H groups in total. The lowest BCUT2D eigenvalue weighted by atomic mass is 10.2. The quantitative estimate of drug-likeness (QED) is 0.876. The molecule has 0 atom stereocenters. The van der Waals surface area contributed by atoms with Crippen molar-refractivity contribution in [3.05, 3.63) is 29.3 Å². The lowest BCUT2D eigenvalue weighted by Crippen LogP contribution is -2.36. The molecule has 0 bridgehead atoms. The van der Waals surface area contributed by atoms with E-state index < -0.39 is 38.7 Å². The summed E-state index contributed by atoms with van der Waals surface area (Å²) >= 11 is 0. The number of rotatable bonds is 6. The number of hydrogen-bond donors (Lipinski definition) is 1. The van der Waals surface area contributed by atoms with Crippen molar-refractivity contribution in [2.24, 2.45) is 5.73 Å². The summed E-state index contributed by atoms with van der Waals surface area (Å²) < 4.78 is 53.5. The van der Waals surface area contributed by atoms with Crippen LogP contribution in [0, 0.1) is 11.6 Å². The molecule has 0 heterocycles. The van der Waals surface area contributed by atoms with Gasteiger partial charge in [-0.2, -0.15) is 4.31 Å². The van der Waals surface area contributed by atoms with E-state index in [2.05, 4.69) is 0 Å². The van der Waals surface area contributed by atoms with Crippen molar-refractivity contribution in [3.8, 4) is 0 Å². The number of nitrogens with two attached hydrogens (primary N) is 1. The molecule has 114 valence electrons. The average Bonchev–Trinajstić information content (AvgIpc) is 2.40. The number of benzene rings is 1. The maximum Gasteiger partial charge on any atom is 0.245 e. The minimum Gasteiger partial charge on any atom is -0.326 e. The zero-order chi connectivity index (χ0) is 15.5. The van der Waals surface area contributed by atoms with Crippen LogP contribution in [0.1, 0.15) is 32.3 Å². The fourth-order valence-corrected chi connectivity index (χ4v) is 3.71. The highest BCUT2D eigenvalue weighted by molar-refractivity contribution is 7.89. The molecule has 7 heteroatoms. The Morgan fingerprint density at radius 2 is 1.80 bits per heavy atom. The summed E-state index contributed by atoms with van der Waals surface area (Å²) in [5, 5.41) is 0. The molecule has 0 aliphatic heterocycles. The normalized spacial score (nSPS) is 12.4. The molecule has 20 heavy (non-hydrogen) atoms. The van der Waals surface area contributed by atoms with Gasteiger partial charge >= 0.3 is 0 Å². The number of hydrogen-bond acceptors (Lipinski definition) is 3. The van der Waals surface area contributed by atoms with E-state index in [1.54, 1.807) is 0 Å². The van der Waals surface area contributed by atoms with Crippen molar-refractivity contribution in [1.29, 1.82) is 0 Å². The largest absolute Gasteiger partial charge is 0.326 e. The molecule has 0 saturated heterocycles. The maximum atomic E-state index is 14.1. The standard InChI is InChI=1S/C13H20F2N2O2S/c1-4-9(5-2)17(3)20(18,19)12-7-6-11(14)10(8-16)13(12)15/h6-7,9H,4-5,8,16H2,1-3H3. The van der Waals surface area contributed by atoms with E-state index >= 15 is 0 Å². The van der Waals surface area contributed by atoms with E-state index in [-0.39, 0.29) is 6.04 Å². The Labute approximate surface area is 118 Å². The molecular weight excluding hydrogens is 286 g/mol. The zero-order valence-corrected chi connectivity index (χ0v) is 12.7. The highest BCUT2D eigenvalue weighted by atomic mass is 32.2. The Morgan fingerprint density at radius 1 is 1.25 bits per heavy atom. The summed E-state index contributed by atoms with van der Waals surface area (Å²) in [5.74, 6) is -1.94. The maximum absolute atomic E-state index is 14.1. The fourth-order valence-electron chi connectivity index (χ4n) is 2.12. The third kappa shape index (κ3) is 2.99. The smallest absolute Gasteiger partial charge is 0.245 e. The second-order valence-electron chi connectivity index (χ2n) is 4.53. The third-order valence-corrected chi connectivity index (χ3v) is 5.40. The Bertz CT molecular complexity index is 572. The summed E-state index contributed by atoms with van der Waals surface area (Å²) in [7, 11) is -2.61. The topological polar surface area (TPSA) is 63.4 Å². The van der Waals surface area contributed by atoms with E-state index in [1.807, 2.05) is 13.8 Å². The minimum absolute atomic E-state index is 0.231. The molecule has 0 radical (unpaired) electrons. The van der Waals surface area contributed by atoms with Crippen molar-refractivity contribution < 1.29 is 17.2 Å². The first-order chi connectivity index (χ1) is 9.31. The van der Waals surface area contributed by atoms with Crippen LogP contribution in [0.3, 0.4) is 0 Å². The van der Waals surface area contributed by atoms with Crippen LogP contribution >= 0.6 is 0 Å². The Kier molecular flexibility index (Phi) is 5.61. The van der Waals surface area contributed by atoms with Gasteiger partial charge in [-0.15, -0.1) is 0 Å². The zero-order valence-electron chi connectivity index (χ0n) is 11.9. The molecule has 4 nitrogen and oxygen atoms in total. The van der Waals surface area contributed by atoms with Crippen molar-refractivity contribution >= 4 is 10.0 Å². The first-order valence-electron chi connectivity index (χ1n) is 6.46. The van der Waals surface area contributed by atoms with E-state index in [0.29, 0.717) is 12.8 Å². The van der Waals surface area contributed by atoms with Crippen molar-refractivity contribution in [1.82, 2.24) is 4.31 Å². The lowest BCUT2D eigenvalue weighted by Gasteiger charge is -2.26. The summed E-state index contributed by atoms with van der Waals surface area (Å²) in [5.41, 5.74) is 4.85. The van der Waals surface area contributed by atoms with E-state index in [9.17, 15) is 17.2 Å². The van der Waals surface area contributed by atoms with E-state index in [0.717, 1.165) is 16.4 Å². The van der Waals surface area contributed by atoms with Gasteiger partial charge in [0.15, 0.2) is 5.82 Å².